The zero-order chi connectivity index (χ0) is 9.14. The Balaban J connectivity index is 3.12. The summed E-state index contributed by atoms with van der Waals surface area (Å²) < 4.78 is 1.06. The molecule has 1 atom stereocenters. The zero-order valence-corrected chi connectivity index (χ0v) is 8.64. The second-order valence-electron chi connectivity index (χ2n) is 2.76. The first-order valence-electron chi connectivity index (χ1n) is 3.79. The average molecular weight is 226 g/mol. The van der Waals surface area contributed by atoms with Gasteiger partial charge in [0, 0.05) is 10.5 Å². The van der Waals surface area contributed by atoms with Gasteiger partial charge in [-0.3, -0.25) is 0 Å². The Hall–Kier alpha value is -0.600. The monoisotopic (exact) mass is 225 g/mol. The van der Waals surface area contributed by atoms with Crippen molar-refractivity contribution in [2.75, 3.05) is 0 Å². The van der Waals surface area contributed by atoms with Gasteiger partial charge in [-0.15, -0.1) is 6.58 Å². The van der Waals surface area contributed by atoms with E-state index in [1.165, 1.54) is 5.56 Å². The topological polar surface area (TPSA) is 26.0 Å². The molecule has 2 N–H and O–H groups in total. The summed E-state index contributed by atoms with van der Waals surface area (Å²) in [4.78, 5) is 0. The molecule has 0 fully saturated rings. The van der Waals surface area contributed by atoms with Crippen molar-refractivity contribution in [2.45, 2.75) is 13.0 Å². The van der Waals surface area contributed by atoms with Crippen molar-refractivity contribution >= 4 is 15.9 Å². The van der Waals surface area contributed by atoms with Crippen molar-refractivity contribution in [3.63, 3.8) is 0 Å². The summed E-state index contributed by atoms with van der Waals surface area (Å²) in [6.07, 6.45) is 1.74. The molecule has 0 amide bonds. The molecular weight excluding hydrogens is 214 g/mol. The van der Waals surface area contributed by atoms with Gasteiger partial charge in [0.25, 0.3) is 0 Å². The molecule has 0 heterocycles. The molecule has 0 spiro atoms. The van der Waals surface area contributed by atoms with E-state index in [9.17, 15) is 0 Å². The van der Waals surface area contributed by atoms with Gasteiger partial charge in [0.2, 0.25) is 0 Å². The van der Waals surface area contributed by atoms with Crippen LogP contribution in [0.25, 0.3) is 0 Å². The molecule has 0 saturated carbocycles. The Kier molecular flexibility index (Phi) is 3.06. The van der Waals surface area contributed by atoms with Crippen molar-refractivity contribution in [3.05, 3.63) is 46.5 Å². The smallest absolute Gasteiger partial charge is 0.0481 e. The van der Waals surface area contributed by atoms with Crippen LogP contribution in [0, 0.1) is 6.92 Å². The van der Waals surface area contributed by atoms with Crippen molar-refractivity contribution in [3.8, 4) is 0 Å². The Labute approximate surface area is 81.4 Å². The molecule has 12 heavy (non-hydrogen) atoms. The average Bonchev–Trinajstić information content (AvgIpc) is 2.08. The highest BCUT2D eigenvalue weighted by Gasteiger charge is 2.04. The van der Waals surface area contributed by atoms with E-state index in [0.717, 1.165) is 10.0 Å². The number of rotatable bonds is 2. The number of hydrogen-bond donors (Lipinski definition) is 1. The molecule has 1 nitrogen and oxygen atoms in total. The first-order chi connectivity index (χ1) is 5.65. The fraction of sp³-hybridized carbons (Fsp3) is 0.200. The predicted molar refractivity (Wildman–Crippen MR) is 56.0 cm³/mol. The van der Waals surface area contributed by atoms with Gasteiger partial charge in [0.05, 0.1) is 0 Å². The number of benzene rings is 1. The van der Waals surface area contributed by atoms with E-state index < -0.39 is 0 Å². The normalized spacial score (nSPS) is 12.6. The molecule has 0 unspecified atom stereocenters. The molecule has 0 radical (unpaired) electrons. The summed E-state index contributed by atoms with van der Waals surface area (Å²) in [5.74, 6) is 0. The van der Waals surface area contributed by atoms with Gasteiger partial charge >= 0.3 is 0 Å². The Morgan fingerprint density at radius 1 is 1.58 bits per heavy atom. The summed E-state index contributed by atoms with van der Waals surface area (Å²) in [5, 5.41) is 0. The molecule has 0 aliphatic rings. The van der Waals surface area contributed by atoms with E-state index in [-0.39, 0.29) is 6.04 Å². The largest absolute Gasteiger partial charge is 0.321 e. The lowest BCUT2D eigenvalue weighted by Gasteiger charge is -2.10. The lowest BCUT2D eigenvalue weighted by molar-refractivity contribution is 0.901. The van der Waals surface area contributed by atoms with Crippen molar-refractivity contribution in [1.82, 2.24) is 0 Å². The van der Waals surface area contributed by atoms with Crippen molar-refractivity contribution < 1.29 is 0 Å². The third-order valence-corrected chi connectivity index (χ3v) is 2.35. The van der Waals surface area contributed by atoms with Gasteiger partial charge in [-0.2, -0.15) is 0 Å². The third kappa shape index (κ3) is 1.96. The van der Waals surface area contributed by atoms with Crippen LogP contribution in [-0.4, -0.2) is 0 Å². The highest BCUT2D eigenvalue weighted by atomic mass is 79.9. The fourth-order valence-corrected chi connectivity index (χ4v) is 1.48. The van der Waals surface area contributed by atoms with Crippen LogP contribution in [0.1, 0.15) is 17.2 Å². The molecule has 0 saturated heterocycles. The summed E-state index contributed by atoms with van der Waals surface area (Å²) in [6, 6.07) is 6.02. The van der Waals surface area contributed by atoms with E-state index in [0.29, 0.717) is 0 Å². The van der Waals surface area contributed by atoms with Crippen LogP contribution in [0.5, 0.6) is 0 Å². The minimum absolute atomic E-state index is 0.0671. The minimum atomic E-state index is -0.0671. The molecule has 1 rings (SSSR count). The van der Waals surface area contributed by atoms with Crippen molar-refractivity contribution in [1.29, 1.82) is 0 Å². The Bertz CT molecular complexity index is 294. The second-order valence-corrected chi connectivity index (χ2v) is 3.68. The zero-order valence-electron chi connectivity index (χ0n) is 7.05. The van der Waals surface area contributed by atoms with E-state index in [1.807, 2.05) is 25.1 Å². The number of aryl methyl sites for hydroxylation is 1. The van der Waals surface area contributed by atoms with E-state index >= 15 is 0 Å². The molecule has 1 aromatic carbocycles. The van der Waals surface area contributed by atoms with Crippen LogP contribution in [0.4, 0.5) is 0 Å². The van der Waals surface area contributed by atoms with Crippen LogP contribution in [0.2, 0.25) is 0 Å². The SMILES string of the molecule is C=C[C@H](N)c1cc(Br)ccc1C. The molecular formula is C10H12BrN. The van der Waals surface area contributed by atoms with Gasteiger partial charge in [-0.05, 0) is 30.2 Å². The molecule has 0 bridgehead atoms. The van der Waals surface area contributed by atoms with Gasteiger partial charge in [0.1, 0.15) is 0 Å². The molecule has 2 heteroatoms. The minimum Gasteiger partial charge on any atom is -0.321 e. The van der Waals surface area contributed by atoms with Crippen LogP contribution >= 0.6 is 15.9 Å². The Morgan fingerprint density at radius 2 is 2.25 bits per heavy atom. The van der Waals surface area contributed by atoms with Crippen molar-refractivity contribution in [2.24, 2.45) is 5.73 Å². The van der Waals surface area contributed by atoms with E-state index in [1.54, 1.807) is 6.08 Å². The molecule has 0 aliphatic carbocycles. The standard InChI is InChI=1S/C10H12BrN/c1-3-10(12)9-6-8(11)5-4-7(9)2/h3-6,10H,1,12H2,2H3/t10-/m0/s1. The van der Waals surface area contributed by atoms with Crippen LogP contribution < -0.4 is 5.73 Å². The third-order valence-electron chi connectivity index (χ3n) is 1.85. The molecule has 1 aromatic rings. The van der Waals surface area contributed by atoms with Gasteiger partial charge in [-0.25, -0.2) is 0 Å². The number of halogens is 1. The predicted octanol–water partition coefficient (Wildman–Crippen LogP) is 2.94. The maximum absolute atomic E-state index is 5.83. The lowest BCUT2D eigenvalue weighted by Crippen LogP contribution is -2.07. The van der Waals surface area contributed by atoms with Gasteiger partial charge in [-0.1, -0.05) is 28.1 Å². The summed E-state index contributed by atoms with van der Waals surface area (Å²) in [7, 11) is 0. The molecule has 64 valence electrons. The molecule has 0 aromatic heterocycles. The first-order valence-corrected chi connectivity index (χ1v) is 4.58. The first kappa shape index (κ1) is 9.49. The van der Waals surface area contributed by atoms with E-state index in [2.05, 4.69) is 22.5 Å². The van der Waals surface area contributed by atoms with Crippen LogP contribution in [0.15, 0.2) is 35.3 Å². The van der Waals surface area contributed by atoms with Gasteiger partial charge < -0.3 is 5.73 Å². The van der Waals surface area contributed by atoms with E-state index in [4.69, 9.17) is 5.73 Å². The summed E-state index contributed by atoms with van der Waals surface area (Å²) in [5.41, 5.74) is 8.15. The van der Waals surface area contributed by atoms with Crippen LogP contribution in [-0.2, 0) is 0 Å². The maximum Gasteiger partial charge on any atom is 0.0481 e. The van der Waals surface area contributed by atoms with Crippen LogP contribution in [0.3, 0.4) is 0 Å². The quantitative estimate of drug-likeness (QED) is 0.771. The Morgan fingerprint density at radius 3 is 2.83 bits per heavy atom. The van der Waals surface area contributed by atoms with Gasteiger partial charge in [0.15, 0.2) is 0 Å². The fourth-order valence-electron chi connectivity index (χ4n) is 1.10. The highest BCUT2D eigenvalue weighted by molar-refractivity contribution is 9.10. The lowest BCUT2D eigenvalue weighted by atomic mass is 10.0. The summed E-state index contributed by atoms with van der Waals surface area (Å²) >= 11 is 3.40. The summed E-state index contributed by atoms with van der Waals surface area (Å²) in [6.45, 7) is 5.71. The molecule has 0 aliphatic heterocycles. The highest BCUT2D eigenvalue weighted by Crippen LogP contribution is 2.21. The second kappa shape index (κ2) is 3.87. The number of nitrogens with two attached hydrogens (primary N) is 1. The maximum atomic E-state index is 5.83. The number of hydrogen-bond acceptors (Lipinski definition) is 1.